The fourth-order valence-corrected chi connectivity index (χ4v) is 2.56. The molecule has 0 amide bonds. The third-order valence-corrected chi connectivity index (χ3v) is 4.02. The van der Waals surface area contributed by atoms with Gasteiger partial charge in [0.2, 0.25) is 5.88 Å². The Kier molecular flexibility index (Phi) is 3.80. The summed E-state index contributed by atoms with van der Waals surface area (Å²) in [4.78, 5) is 0. The van der Waals surface area contributed by atoms with Crippen LogP contribution in [0.3, 0.4) is 0 Å². The molecule has 0 radical (unpaired) electrons. The van der Waals surface area contributed by atoms with Crippen molar-refractivity contribution in [2.75, 3.05) is 5.73 Å². The Morgan fingerprint density at radius 1 is 1.00 bits per heavy atom. The SMILES string of the molecule is CCc1ccc(-c2noc(N)c2-c2ccc(Br)cc2)cc1. The second-order valence-corrected chi connectivity index (χ2v) is 5.74. The zero-order valence-corrected chi connectivity index (χ0v) is 13.2. The van der Waals surface area contributed by atoms with Gasteiger partial charge in [-0.3, -0.25) is 0 Å². The maximum Gasteiger partial charge on any atom is 0.230 e. The lowest BCUT2D eigenvalue weighted by atomic mass is 10.00. The topological polar surface area (TPSA) is 52.0 Å². The fourth-order valence-electron chi connectivity index (χ4n) is 2.29. The number of halogens is 1. The van der Waals surface area contributed by atoms with Crippen molar-refractivity contribution in [1.29, 1.82) is 0 Å². The predicted octanol–water partition coefficient (Wildman–Crippen LogP) is 4.92. The summed E-state index contributed by atoms with van der Waals surface area (Å²) < 4.78 is 6.23. The van der Waals surface area contributed by atoms with Gasteiger partial charge in [-0.15, -0.1) is 0 Å². The Balaban J connectivity index is 2.09. The Morgan fingerprint density at radius 3 is 2.24 bits per heavy atom. The summed E-state index contributed by atoms with van der Waals surface area (Å²) in [5.74, 6) is 0.340. The van der Waals surface area contributed by atoms with Crippen LogP contribution in [0, 0.1) is 0 Å². The first kappa shape index (κ1) is 13.9. The van der Waals surface area contributed by atoms with Crippen LogP contribution in [-0.2, 0) is 6.42 Å². The molecular weight excluding hydrogens is 328 g/mol. The monoisotopic (exact) mass is 342 g/mol. The molecule has 2 N–H and O–H groups in total. The zero-order valence-electron chi connectivity index (χ0n) is 11.6. The molecule has 2 aromatic carbocycles. The van der Waals surface area contributed by atoms with E-state index in [1.54, 1.807) is 0 Å². The van der Waals surface area contributed by atoms with Crippen molar-refractivity contribution in [2.24, 2.45) is 0 Å². The van der Waals surface area contributed by atoms with Crippen molar-refractivity contribution in [1.82, 2.24) is 5.16 Å². The summed E-state index contributed by atoms with van der Waals surface area (Å²) in [5.41, 5.74) is 10.9. The van der Waals surface area contributed by atoms with E-state index in [1.807, 2.05) is 24.3 Å². The van der Waals surface area contributed by atoms with E-state index in [0.29, 0.717) is 5.88 Å². The van der Waals surface area contributed by atoms with E-state index >= 15 is 0 Å². The van der Waals surface area contributed by atoms with Gasteiger partial charge in [-0.25, -0.2) is 0 Å². The number of hydrogen-bond acceptors (Lipinski definition) is 3. The maximum atomic E-state index is 5.96. The third-order valence-electron chi connectivity index (χ3n) is 3.49. The van der Waals surface area contributed by atoms with Gasteiger partial charge in [-0.05, 0) is 29.7 Å². The number of nitrogens with two attached hydrogens (primary N) is 1. The molecule has 21 heavy (non-hydrogen) atoms. The molecule has 3 rings (SSSR count). The maximum absolute atomic E-state index is 5.96. The Bertz CT molecular complexity index is 745. The lowest BCUT2D eigenvalue weighted by Crippen LogP contribution is -1.88. The molecule has 0 bridgehead atoms. The van der Waals surface area contributed by atoms with Gasteiger partial charge in [-0.1, -0.05) is 64.4 Å². The van der Waals surface area contributed by atoms with Crippen molar-refractivity contribution in [3.8, 4) is 22.4 Å². The standard InChI is InChI=1S/C17H15BrN2O/c1-2-11-3-5-13(6-4-11)16-15(17(19)21-20-16)12-7-9-14(18)10-8-12/h3-10H,2,19H2,1H3. The molecule has 0 spiro atoms. The van der Waals surface area contributed by atoms with Crippen LogP contribution in [0.15, 0.2) is 57.5 Å². The van der Waals surface area contributed by atoms with Crippen molar-refractivity contribution in [2.45, 2.75) is 13.3 Å². The fraction of sp³-hybridized carbons (Fsp3) is 0.118. The Labute approximate surface area is 131 Å². The lowest BCUT2D eigenvalue weighted by molar-refractivity contribution is 0.439. The van der Waals surface area contributed by atoms with E-state index in [9.17, 15) is 0 Å². The first-order chi connectivity index (χ1) is 10.2. The number of aromatic nitrogens is 1. The summed E-state index contributed by atoms with van der Waals surface area (Å²) in [5, 5.41) is 4.13. The second kappa shape index (κ2) is 5.74. The van der Waals surface area contributed by atoms with Crippen molar-refractivity contribution < 1.29 is 4.52 Å². The van der Waals surface area contributed by atoms with Crippen LogP contribution >= 0.6 is 15.9 Å². The first-order valence-electron chi connectivity index (χ1n) is 6.79. The van der Waals surface area contributed by atoms with Crippen LogP contribution in [0.5, 0.6) is 0 Å². The van der Waals surface area contributed by atoms with Crippen molar-refractivity contribution in [3.05, 3.63) is 58.6 Å². The van der Waals surface area contributed by atoms with Crippen molar-refractivity contribution >= 4 is 21.8 Å². The molecule has 4 heteroatoms. The lowest BCUT2D eigenvalue weighted by Gasteiger charge is -2.04. The minimum atomic E-state index is 0.340. The highest BCUT2D eigenvalue weighted by molar-refractivity contribution is 9.10. The van der Waals surface area contributed by atoms with Crippen LogP contribution in [-0.4, -0.2) is 5.16 Å². The number of hydrogen-bond donors (Lipinski definition) is 1. The van der Waals surface area contributed by atoms with Gasteiger partial charge in [0.15, 0.2) is 0 Å². The van der Waals surface area contributed by atoms with Gasteiger partial charge in [0.05, 0.1) is 5.56 Å². The molecule has 0 atom stereocenters. The number of rotatable bonds is 3. The highest BCUT2D eigenvalue weighted by Crippen LogP contribution is 2.36. The second-order valence-electron chi connectivity index (χ2n) is 4.83. The average molecular weight is 343 g/mol. The number of benzene rings is 2. The number of nitrogens with zero attached hydrogens (tertiary/aromatic N) is 1. The van der Waals surface area contributed by atoms with Crippen LogP contribution < -0.4 is 5.73 Å². The molecule has 106 valence electrons. The van der Waals surface area contributed by atoms with Gasteiger partial charge in [0, 0.05) is 10.0 Å². The van der Waals surface area contributed by atoms with E-state index in [0.717, 1.165) is 33.3 Å². The van der Waals surface area contributed by atoms with E-state index < -0.39 is 0 Å². The highest BCUT2D eigenvalue weighted by atomic mass is 79.9. The Morgan fingerprint density at radius 2 is 1.62 bits per heavy atom. The first-order valence-corrected chi connectivity index (χ1v) is 7.58. The van der Waals surface area contributed by atoms with Gasteiger partial charge in [0.25, 0.3) is 0 Å². The number of nitrogen functional groups attached to an aromatic ring is 1. The smallest absolute Gasteiger partial charge is 0.230 e. The highest BCUT2D eigenvalue weighted by Gasteiger charge is 2.17. The average Bonchev–Trinajstić information content (AvgIpc) is 2.90. The van der Waals surface area contributed by atoms with Crippen LogP contribution in [0.2, 0.25) is 0 Å². The molecular formula is C17H15BrN2O. The normalized spacial score (nSPS) is 10.8. The van der Waals surface area contributed by atoms with Crippen LogP contribution in [0.4, 0.5) is 5.88 Å². The number of anilines is 1. The summed E-state index contributed by atoms with van der Waals surface area (Å²) >= 11 is 3.44. The summed E-state index contributed by atoms with van der Waals surface area (Å²) in [6, 6.07) is 16.3. The van der Waals surface area contributed by atoms with E-state index in [1.165, 1.54) is 5.56 Å². The molecule has 0 saturated carbocycles. The van der Waals surface area contributed by atoms with E-state index in [4.69, 9.17) is 10.3 Å². The van der Waals surface area contributed by atoms with Gasteiger partial charge < -0.3 is 10.3 Å². The molecule has 3 aromatic rings. The van der Waals surface area contributed by atoms with Gasteiger partial charge in [0.1, 0.15) is 5.69 Å². The molecule has 0 saturated heterocycles. The molecule has 0 fully saturated rings. The molecule has 1 aromatic heterocycles. The molecule has 3 nitrogen and oxygen atoms in total. The summed E-state index contributed by atoms with van der Waals surface area (Å²) in [6.45, 7) is 2.14. The van der Waals surface area contributed by atoms with Crippen LogP contribution in [0.25, 0.3) is 22.4 Å². The predicted molar refractivity (Wildman–Crippen MR) is 88.9 cm³/mol. The molecule has 1 heterocycles. The minimum Gasteiger partial charge on any atom is -0.367 e. The Hall–Kier alpha value is -2.07. The summed E-state index contributed by atoms with van der Waals surface area (Å²) in [6.07, 6.45) is 1.01. The quantitative estimate of drug-likeness (QED) is 0.735. The largest absolute Gasteiger partial charge is 0.367 e. The summed E-state index contributed by atoms with van der Waals surface area (Å²) in [7, 11) is 0. The molecule has 0 aliphatic carbocycles. The van der Waals surface area contributed by atoms with Gasteiger partial charge in [-0.2, -0.15) is 0 Å². The minimum absolute atomic E-state index is 0.340. The van der Waals surface area contributed by atoms with Crippen molar-refractivity contribution in [3.63, 3.8) is 0 Å². The van der Waals surface area contributed by atoms with Crippen LogP contribution in [0.1, 0.15) is 12.5 Å². The molecule has 0 aliphatic rings. The molecule has 0 unspecified atom stereocenters. The van der Waals surface area contributed by atoms with E-state index in [-0.39, 0.29) is 0 Å². The zero-order chi connectivity index (χ0) is 14.8. The van der Waals surface area contributed by atoms with Gasteiger partial charge >= 0.3 is 0 Å². The third kappa shape index (κ3) is 2.72. The molecule has 0 aliphatic heterocycles. The van der Waals surface area contributed by atoms with E-state index in [2.05, 4.69) is 52.3 Å². The number of aryl methyl sites for hydroxylation is 1.